The van der Waals surface area contributed by atoms with E-state index in [2.05, 4.69) is 59.2 Å². The summed E-state index contributed by atoms with van der Waals surface area (Å²) in [5.41, 5.74) is 7.84. The molecule has 0 aliphatic carbocycles. The molecule has 0 fully saturated rings. The number of rotatable bonds is 2. The summed E-state index contributed by atoms with van der Waals surface area (Å²) in [7, 11) is 2.05. The van der Waals surface area contributed by atoms with Crippen LogP contribution in [0.5, 0.6) is 0 Å². The zero-order valence-electron chi connectivity index (χ0n) is 15.6. The average molecular weight is 522 g/mol. The van der Waals surface area contributed by atoms with Crippen molar-refractivity contribution in [1.82, 2.24) is 19.1 Å². The Morgan fingerprint density at radius 1 is 1.00 bits per heavy atom. The van der Waals surface area contributed by atoms with Crippen LogP contribution in [0.2, 0.25) is 0 Å². The number of nitrogens with zero attached hydrogens (tertiary/aromatic N) is 4. The van der Waals surface area contributed by atoms with Crippen LogP contribution in [-0.2, 0) is 27.2 Å². The Kier molecular flexibility index (Phi) is 4.87. The molecule has 4 aromatic rings. The van der Waals surface area contributed by atoms with Gasteiger partial charge in [-0.05, 0) is 37.4 Å². The fourth-order valence-electron chi connectivity index (χ4n) is 3.51. The van der Waals surface area contributed by atoms with Gasteiger partial charge in [0.05, 0.1) is 11.6 Å². The Morgan fingerprint density at radius 3 is 2.38 bits per heavy atom. The maximum atomic E-state index is 4.73. The molecule has 0 saturated carbocycles. The van der Waals surface area contributed by atoms with Crippen molar-refractivity contribution in [2.24, 2.45) is 7.05 Å². The zero-order chi connectivity index (χ0) is 17.7. The fraction of sp³-hybridized carbons (Fsp3) is 0.238. The van der Waals surface area contributed by atoms with Crippen LogP contribution in [0.25, 0.3) is 28.1 Å². The van der Waals surface area contributed by atoms with Crippen molar-refractivity contribution in [2.45, 2.75) is 27.7 Å². The quantitative estimate of drug-likeness (QED) is 0.365. The minimum absolute atomic E-state index is 0. The summed E-state index contributed by atoms with van der Waals surface area (Å²) in [6, 6.07) is 11.8. The first-order valence-corrected chi connectivity index (χ1v) is 8.43. The summed E-state index contributed by atoms with van der Waals surface area (Å²) in [5, 5.41) is 0. The van der Waals surface area contributed by atoms with E-state index in [1.807, 2.05) is 32.4 Å². The molecule has 2 heterocycles. The van der Waals surface area contributed by atoms with Crippen molar-refractivity contribution < 1.29 is 20.1 Å². The number of aromatic nitrogens is 4. The zero-order valence-corrected chi connectivity index (χ0v) is 18.0. The molecule has 4 nitrogen and oxygen atoms in total. The Morgan fingerprint density at radius 2 is 1.69 bits per heavy atom. The maximum Gasteiger partial charge on any atom is 0.0957 e. The minimum atomic E-state index is 0. The van der Waals surface area contributed by atoms with E-state index in [9.17, 15) is 0 Å². The molecule has 2 aromatic carbocycles. The molecule has 0 unspecified atom stereocenters. The monoisotopic (exact) mass is 522 g/mol. The summed E-state index contributed by atoms with van der Waals surface area (Å²) >= 11 is 0. The first-order chi connectivity index (χ1) is 12.0. The van der Waals surface area contributed by atoms with E-state index in [1.165, 1.54) is 16.8 Å². The first-order valence-electron chi connectivity index (χ1n) is 8.43. The molecule has 135 valence electrons. The molecule has 0 aliphatic rings. The second kappa shape index (κ2) is 6.82. The minimum Gasteiger partial charge on any atom is -0.371 e. The normalized spacial score (nSPS) is 11.0. The second-order valence-electron chi connectivity index (χ2n) is 6.62. The molecule has 0 bridgehead atoms. The van der Waals surface area contributed by atoms with Crippen molar-refractivity contribution in [3.63, 3.8) is 0 Å². The summed E-state index contributed by atoms with van der Waals surface area (Å²) in [6.45, 7) is 8.37. The van der Waals surface area contributed by atoms with Crippen molar-refractivity contribution >= 4 is 11.0 Å². The number of imidazole rings is 2. The van der Waals surface area contributed by atoms with Crippen LogP contribution in [-0.4, -0.2) is 19.1 Å². The third kappa shape index (κ3) is 2.72. The largest absolute Gasteiger partial charge is 0.371 e. The van der Waals surface area contributed by atoms with Crippen molar-refractivity contribution in [1.29, 1.82) is 0 Å². The summed E-state index contributed by atoms with van der Waals surface area (Å²) in [6.07, 6.45) is 3.87. The van der Waals surface area contributed by atoms with E-state index in [0.29, 0.717) is 0 Å². The van der Waals surface area contributed by atoms with Gasteiger partial charge in [0, 0.05) is 50.8 Å². The number of hydrogen-bond donors (Lipinski definition) is 0. The van der Waals surface area contributed by atoms with Gasteiger partial charge in [-0.2, -0.15) is 0 Å². The molecule has 0 amide bonds. The van der Waals surface area contributed by atoms with Gasteiger partial charge in [-0.25, -0.2) is 0 Å². The molecule has 0 spiro atoms. The van der Waals surface area contributed by atoms with Gasteiger partial charge in [0.15, 0.2) is 0 Å². The summed E-state index contributed by atoms with van der Waals surface area (Å²) < 4.78 is 4.28. The predicted molar refractivity (Wildman–Crippen MR) is 101 cm³/mol. The third-order valence-corrected chi connectivity index (χ3v) is 4.91. The smallest absolute Gasteiger partial charge is 0.0957 e. The number of aryl methyl sites for hydroxylation is 5. The van der Waals surface area contributed by atoms with Crippen LogP contribution in [0.15, 0.2) is 36.7 Å². The molecule has 26 heavy (non-hydrogen) atoms. The molecule has 0 saturated heterocycles. The van der Waals surface area contributed by atoms with E-state index in [-0.39, 0.29) is 20.1 Å². The molecule has 4 rings (SSSR count). The molecular formula is C21H21IrN4-. The number of para-hydroxylation sites is 1. The molecule has 0 N–H and O–H groups in total. The fourth-order valence-corrected chi connectivity index (χ4v) is 3.51. The van der Waals surface area contributed by atoms with E-state index in [0.717, 1.165) is 33.8 Å². The van der Waals surface area contributed by atoms with E-state index in [4.69, 9.17) is 4.98 Å². The molecule has 1 radical (unpaired) electrons. The molecule has 5 heteroatoms. The molecule has 2 aromatic heterocycles. The summed E-state index contributed by atoms with van der Waals surface area (Å²) in [4.78, 5) is 9.39. The average Bonchev–Trinajstić information content (AvgIpc) is 3.15. The Labute approximate surface area is 167 Å². The van der Waals surface area contributed by atoms with Gasteiger partial charge in [-0.1, -0.05) is 30.7 Å². The Hall–Kier alpha value is -2.23. The van der Waals surface area contributed by atoms with Crippen LogP contribution < -0.4 is 0 Å². The van der Waals surface area contributed by atoms with Gasteiger partial charge < -0.3 is 9.13 Å². The molecule has 0 atom stereocenters. The van der Waals surface area contributed by atoms with Crippen LogP contribution >= 0.6 is 0 Å². The predicted octanol–water partition coefficient (Wildman–Crippen LogP) is 4.46. The first kappa shape index (κ1) is 18.6. The van der Waals surface area contributed by atoms with Crippen LogP contribution in [0.1, 0.15) is 22.5 Å². The third-order valence-electron chi connectivity index (χ3n) is 4.91. The van der Waals surface area contributed by atoms with Gasteiger partial charge in [-0.3, -0.25) is 9.97 Å². The van der Waals surface area contributed by atoms with Gasteiger partial charge >= 0.3 is 0 Å². The van der Waals surface area contributed by atoms with Crippen LogP contribution in [0.4, 0.5) is 0 Å². The second-order valence-corrected chi connectivity index (χ2v) is 6.62. The Bertz CT molecular complexity index is 1080. The number of hydrogen-bond acceptors (Lipinski definition) is 2. The van der Waals surface area contributed by atoms with Crippen molar-refractivity contribution in [3.05, 3.63) is 65.2 Å². The van der Waals surface area contributed by atoms with Gasteiger partial charge in [0.25, 0.3) is 0 Å². The van der Waals surface area contributed by atoms with Crippen molar-refractivity contribution in [3.8, 4) is 17.1 Å². The maximum absolute atomic E-state index is 4.73. The van der Waals surface area contributed by atoms with Crippen LogP contribution in [0, 0.1) is 33.8 Å². The van der Waals surface area contributed by atoms with Gasteiger partial charge in [0.2, 0.25) is 0 Å². The Balaban J connectivity index is 0.00000196. The summed E-state index contributed by atoms with van der Waals surface area (Å²) in [5.74, 6) is 1.88. The van der Waals surface area contributed by atoms with Gasteiger partial charge in [0.1, 0.15) is 0 Å². The standard InChI is InChI=1S/C21H21N4.Ir/c1-13-9-10-17(20-18(13)23-16(4)24(20)5)21-22-11-12-25(21)19-14(2)7-6-8-15(19)3;/h6-9,11-12H,1-5H3;/q-1;. The molecule has 0 aliphatic heterocycles. The molecular weight excluding hydrogens is 500 g/mol. The van der Waals surface area contributed by atoms with E-state index < -0.39 is 0 Å². The van der Waals surface area contributed by atoms with Crippen LogP contribution in [0.3, 0.4) is 0 Å². The van der Waals surface area contributed by atoms with Crippen molar-refractivity contribution in [2.75, 3.05) is 0 Å². The number of fused-ring (bicyclic) bond motifs is 1. The van der Waals surface area contributed by atoms with E-state index >= 15 is 0 Å². The SMILES string of the molecule is Cc1cccc(C)c1-n1ccnc1-c1[c-]cc(C)c2nc(C)n(C)c12.[Ir]. The number of benzene rings is 2. The van der Waals surface area contributed by atoms with Gasteiger partial charge in [-0.15, -0.1) is 17.7 Å². The van der Waals surface area contributed by atoms with E-state index in [1.54, 1.807) is 0 Å². The topological polar surface area (TPSA) is 35.6 Å².